The Labute approximate surface area is 201 Å². The first-order valence-electron chi connectivity index (χ1n) is 10.0. The third kappa shape index (κ3) is 6.12. The normalized spacial score (nSPS) is 10.8. The number of aryl methyl sites for hydroxylation is 1. The van der Waals surface area contributed by atoms with Crippen molar-refractivity contribution in [3.63, 3.8) is 0 Å². The van der Waals surface area contributed by atoms with Gasteiger partial charge in [-0.1, -0.05) is 41.4 Å². The number of carbonyl (C=O) groups excluding carboxylic acids is 1. The van der Waals surface area contributed by atoms with Crippen LogP contribution >= 0.6 is 11.6 Å². The fourth-order valence-electron chi connectivity index (χ4n) is 3.03. The Bertz CT molecular complexity index is 1300. The molecule has 3 rings (SSSR count). The number of anilines is 1. The number of rotatable bonds is 8. The summed E-state index contributed by atoms with van der Waals surface area (Å²) in [6.45, 7) is 1.95. The molecule has 0 aliphatic carbocycles. The number of amides is 1. The Morgan fingerprint density at radius 3 is 2.59 bits per heavy atom. The molecular formula is C25H20ClN3O5. The Kier molecular flexibility index (Phi) is 7.85. The number of halogens is 1. The summed E-state index contributed by atoms with van der Waals surface area (Å²) in [5.74, 6) is -0.0525. The van der Waals surface area contributed by atoms with Crippen LogP contribution < -0.4 is 14.8 Å². The van der Waals surface area contributed by atoms with Crippen LogP contribution in [0.2, 0.25) is 5.02 Å². The predicted octanol–water partition coefficient (Wildman–Crippen LogP) is 5.69. The van der Waals surface area contributed by atoms with Crippen molar-refractivity contribution in [3.05, 3.63) is 98.1 Å². The molecule has 1 N–H and O–H groups in total. The lowest BCUT2D eigenvalue weighted by molar-refractivity contribution is -0.384. The van der Waals surface area contributed by atoms with E-state index >= 15 is 0 Å². The number of methoxy groups -OCH3 is 1. The number of carbonyl (C=O) groups is 1. The van der Waals surface area contributed by atoms with Gasteiger partial charge >= 0.3 is 0 Å². The maximum atomic E-state index is 12.5. The molecule has 0 radical (unpaired) electrons. The van der Waals surface area contributed by atoms with Crippen molar-refractivity contribution >= 4 is 35.0 Å². The van der Waals surface area contributed by atoms with Crippen LogP contribution in [0.25, 0.3) is 6.08 Å². The molecule has 9 heteroatoms. The lowest BCUT2D eigenvalue weighted by Crippen LogP contribution is -2.13. The lowest BCUT2D eigenvalue weighted by atomic mass is 10.1. The van der Waals surface area contributed by atoms with Gasteiger partial charge in [-0.3, -0.25) is 14.9 Å². The molecule has 3 aromatic rings. The van der Waals surface area contributed by atoms with E-state index in [1.807, 2.05) is 25.1 Å². The highest BCUT2D eigenvalue weighted by Crippen LogP contribution is 2.37. The molecule has 0 saturated carbocycles. The zero-order valence-corrected chi connectivity index (χ0v) is 19.1. The van der Waals surface area contributed by atoms with Gasteiger partial charge in [0.1, 0.15) is 18.2 Å². The molecule has 3 aromatic carbocycles. The molecule has 172 valence electrons. The Morgan fingerprint density at radius 2 is 1.94 bits per heavy atom. The number of benzene rings is 3. The average molecular weight is 478 g/mol. The SMILES string of the molecule is COc1cc(/C=C(\C#N)C(=O)Nc2ccc(C)cc2)cc(Cl)c1OCc1cccc([N+](=O)[O-])c1. The monoisotopic (exact) mass is 477 g/mol. The second-order valence-electron chi connectivity index (χ2n) is 7.24. The van der Waals surface area contributed by atoms with Crippen molar-refractivity contribution in [1.29, 1.82) is 5.26 Å². The first-order chi connectivity index (χ1) is 16.3. The first-order valence-corrected chi connectivity index (χ1v) is 10.4. The fourth-order valence-corrected chi connectivity index (χ4v) is 3.30. The molecule has 0 aromatic heterocycles. The topological polar surface area (TPSA) is 114 Å². The lowest BCUT2D eigenvalue weighted by Gasteiger charge is -2.13. The number of nitro groups is 1. The summed E-state index contributed by atoms with van der Waals surface area (Å²) in [5.41, 5.74) is 2.48. The maximum absolute atomic E-state index is 12.5. The number of hydrogen-bond donors (Lipinski definition) is 1. The molecule has 0 aliphatic heterocycles. The molecule has 0 fully saturated rings. The third-order valence-corrected chi connectivity index (χ3v) is 5.02. The minimum absolute atomic E-state index is 0.0232. The molecule has 34 heavy (non-hydrogen) atoms. The summed E-state index contributed by atoms with van der Waals surface area (Å²) in [4.78, 5) is 23.0. The highest BCUT2D eigenvalue weighted by atomic mass is 35.5. The van der Waals surface area contributed by atoms with Gasteiger partial charge in [0, 0.05) is 17.8 Å². The first kappa shape index (κ1) is 24.3. The quantitative estimate of drug-likeness (QED) is 0.193. The summed E-state index contributed by atoms with van der Waals surface area (Å²) >= 11 is 6.39. The molecule has 0 bridgehead atoms. The van der Waals surface area contributed by atoms with Crippen LogP contribution in [-0.4, -0.2) is 17.9 Å². The van der Waals surface area contributed by atoms with E-state index < -0.39 is 10.8 Å². The van der Waals surface area contributed by atoms with Gasteiger partial charge < -0.3 is 14.8 Å². The molecule has 0 heterocycles. The van der Waals surface area contributed by atoms with Crippen molar-refractivity contribution in [2.45, 2.75) is 13.5 Å². The Hall–Kier alpha value is -4.35. The number of ether oxygens (including phenoxy) is 2. The van der Waals surface area contributed by atoms with E-state index in [4.69, 9.17) is 21.1 Å². The molecule has 0 atom stereocenters. The van der Waals surface area contributed by atoms with E-state index in [2.05, 4.69) is 5.32 Å². The second kappa shape index (κ2) is 11.0. The highest BCUT2D eigenvalue weighted by molar-refractivity contribution is 6.32. The zero-order valence-electron chi connectivity index (χ0n) is 18.4. The van der Waals surface area contributed by atoms with Crippen molar-refractivity contribution in [2.75, 3.05) is 12.4 Å². The summed E-state index contributed by atoms with van der Waals surface area (Å²) < 4.78 is 11.1. The third-order valence-electron chi connectivity index (χ3n) is 4.74. The molecule has 0 unspecified atom stereocenters. The molecule has 0 saturated heterocycles. The molecule has 0 aliphatic rings. The van der Waals surface area contributed by atoms with Gasteiger partial charge in [-0.15, -0.1) is 0 Å². The standard InChI is InChI=1S/C25H20ClN3O5/c1-16-6-8-20(9-7-16)28-25(30)19(14-27)10-18-12-22(26)24(23(13-18)33-2)34-15-17-4-3-5-21(11-17)29(31)32/h3-13H,15H2,1-2H3,(H,28,30)/b19-10+. The van der Waals surface area contributed by atoms with E-state index in [-0.39, 0.29) is 34.4 Å². The number of hydrogen-bond acceptors (Lipinski definition) is 6. The molecule has 0 spiro atoms. The number of nitriles is 1. The largest absolute Gasteiger partial charge is 0.493 e. The maximum Gasteiger partial charge on any atom is 0.269 e. The van der Waals surface area contributed by atoms with Gasteiger partial charge in [-0.25, -0.2) is 0 Å². The molecule has 8 nitrogen and oxygen atoms in total. The average Bonchev–Trinajstić information content (AvgIpc) is 2.83. The Morgan fingerprint density at radius 1 is 1.21 bits per heavy atom. The van der Waals surface area contributed by atoms with E-state index in [0.717, 1.165) is 5.56 Å². The fraction of sp³-hybridized carbons (Fsp3) is 0.120. The van der Waals surface area contributed by atoms with Gasteiger partial charge in [0.25, 0.3) is 11.6 Å². The van der Waals surface area contributed by atoms with Gasteiger partial charge in [-0.05, 0) is 48.4 Å². The summed E-state index contributed by atoms with van der Waals surface area (Å²) in [5, 5.41) is 23.3. The summed E-state index contributed by atoms with van der Waals surface area (Å²) in [6, 6.07) is 18.2. The van der Waals surface area contributed by atoms with Crippen LogP contribution in [0.4, 0.5) is 11.4 Å². The van der Waals surface area contributed by atoms with E-state index in [1.54, 1.807) is 30.3 Å². The van der Waals surface area contributed by atoms with Gasteiger partial charge in [0.2, 0.25) is 0 Å². The van der Waals surface area contributed by atoms with E-state index in [9.17, 15) is 20.2 Å². The van der Waals surface area contributed by atoms with Crippen molar-refractivity contribution in [3.8, 4) is 17.6 Å². The second-order valence-corrected chi connectivity index (χ2v) is 7.65. The summed E-state index contributed by atoms with van der Waals surface area (Å²) in [7, 11) is 1.43. The number of nitro benzene ring substituents is 1. The van der Waals surface area contributed by atoms with Crippen LogP contribution in [0.1, 0.15) is 16.7 Å². The van der Waals surface area contributed by atoms with Crippen molar-refractivity contribution in [1.82, 2.24) is 0 Å². The molecule has 1 amide bonds. The highest BCUT2D eigenvalue weighted by Gasteiger charge is 2.15. The van der Waals surface area contributed by atoms with E-state index in [1.165, 1.54) is 31.4 Å². The predicted molar refractivity (Wildman–Crippen MR) is 129 cm³/mol. The van der Waals surface area contributed by atoms with Gasteiger partial charge in [-0.2, -0.15) is 5.26 Å². The summed E-state index contributed by atoms with van der Waals surface area (Å²) in [6.07, 6.45) is 1.39. The Balaban J connectivity index is 1.81. The molecular weight excluding hydrogens is 458 g/mol. The van der Waals surface area contributed by atoms with Crippen LogP contribution in [0.3, 0.4) is 0 Å². The number of nitrogens with one attached hydrogen (secondary N) is 1. The smallest absolute Gasteiger partial charge is 0.269 e. The van der Waals surface area contributed by atoms with Gasteiger partial charge in [0.05, 0.1) is 17.1 Å². The van der Waals surface area contributed by atoms with Gasteiger partial charge in [0.15, 0.2) is 11.5 Å². The van der Waals surface area contributed by atoms with E-state index in [0.29, 0.717) is 16.8 Å². The minimum Gasteiger partial charge on any atom is -0.493 e. The van der Waals surface area contributed by atoms with Crippen molar-refractivity contribution in [2.24, 2.45) is 0 Å². The zero-order chi connectivity index (χ0) is 24.7. The van der Waals surface area contributed by atoms with Crippen LogP contribution in [0.15, 0.2) is 66.2 Å². The number of non-ortho nitro benzene ring substituents is 1. The van der Waals surface area contributed by atoms with Crippen LogP contribution in [0.5, 0.6) is 11.5 Å². The van der Waals surface area contributed by atoms with Crippen LogP contribution in [-0.2, 0) is 11.4 Å². The van der Waals surface area contributed by atoms with Crippen molar-refractivity contribution < 1.29 is 19.2 Å². The number of nitrogens with zero attached hydrogens (tertiary/aromatic N) is 2. The van der Waals surface area contributed by atoms with Crippen LogP contribution in [0, 0.1) is 28.4 Å². The minimum atomic E-state index is -0.563.